The summed E-state index contributed by atoms with van der Waals surface area (Å²) in [4.78, 5) is 11.9. The van der Waals surface area contributed by atoms with Crippen LogP contribution in [0.2, 0.25) is 10.3 Å². The molecule has 0 fully saturated rings. The number of aromatic nitrogens is 2. The summed E-state index contributed by atoms with van der Waals surface area (Å²) >= 11 is 11.3. The number of carbonyl (C=O) groups excluding carboxylic acids is 1. The number of nitrogens with zero attached hydrogens (tertiary/aromatic N) is 2. The third-order valence-electron chi connectivity index (χ3n) is 2.43. The molecule has 21 heavy (non-hydrogen) atoms. The second kappa shape index (κ2) is 5.87. The van der Waals surface area contributed by atoms with Crippen molar-refractivity contribution < 1.29 is 18.0 Å². The topological polar surface area (TPSA) is 54.9 Å². The van der Waals surface area contributed by atoms with E-state index in [-0.39, 0.29) is 21.6 Å². The molecule has 1 N–H and O–H groups in total. The summed E-state index contributed by atoms with van der Waals surface area (Å²) in [5.74, 6) is -0.656. The van der Waals surface area contributed by atoms with Crippen LogP contribution >= 0.6 is 23.2 Å². The summed E-state index contributed by atoms with van der Waals surface area (Å²) in [6.45, 7) is 0. The van der Waals surface area contributed by atoms with Gasteiger partial charge in [-0.1, -0.05) is 23.2 Å². The first-order valence-corrected chi connectivity index (χ1v) is 6.20. The van der Waals surface area contributed by atoms with Crippen molar-refractivity contribution in [3.8, 4) is 0 Å². The highest BCUT2D eigenvalue weighted by atomic mass is 35.5. The van der Waals surface area contributed by atoms with Crippen molar-refractivity contribution in [3.05, 3.63) is 51.8 Å². The van der Waals surface area contributed by atoms with Crippen LogP contribution in [0.15, 0.2) is 30.3 Å². The third kappa shape index (κ3) is 3.83. The van der Waals surface area contributed by atoms with Crippen molar-refractivity contribution in [1.82, 2.24) is 10.2 Å². The van der Waals surface area contributed by atoms with Gasteiger partial charge in [0.25, 0.3) is 5.91 Å². The maximum atomic E-state index is 12.4. The number of halogens is 5. The smallest absolute Gasteiger partial charge is 0.322 e. The molecule has 0 saturated carbocycles. The zero-order chi connectivity index (χ0) is 15.6. The molecule has 1 aromatic carbocycles. The standard InChI is InChI=1S/C12H6Cl2F3N3O/c13-9-5-8(10(14)20-19-9)11(21)18-7-3-1-6(2-4-7)12(15,16)17/h1-5H,(H,18,21). The van der Waals surface area contributed by atoms with E-state index in [9.17, 15) is 18.0 Å². The van der Waals surface area contributed by atoms with Crippen LogP contribution in [0.5, 0.6) is 0 Å². The highest BCUT2D eigenvalue weighted by Gasteiger charge is 2.30. The number of nitrogens with one attached hydrogen (secondary N) is 1. The maximum absolute atomic E-state index is 12.4. The highest BCUT2D eigenvalue weighted by Crippen LogP contribution is 2.30. The molecule has 0 aliphatic rings. The van der Waals surface area contributed by atoms with Crippen molar-refractivity contribution in [2.24, 2.45) is 0 Å². The van der Waals surface area contributed by atoms with E-state index in [1.807, 2.05) is 0 Å². The molecule has 1 amide bonds. The van der Waals surface area contributed by atoms with E-state index in [2.05, 4.69) is 15.5 Å². The first-order valence-electron chi connectivity index (χ1n) is 5.44. The van der Waals surface area contributed by atoms with Gasteiger partial charge in [0.15, 0.2) is 10.3 Å². The van der Waals surface area contributed by atoms with Gasteiger partial charge >= 0.3 is 6.18 Å². The predicted molar refractivity (Wildman–Crippen MR) is 71.4 cm³/mol. The highest BCUT2D eigenvalue weighted by molar-refractivity contribution is 6.34. The number of hydrogen-bond donors (Lipinski definition) is 1. The molecular formula is C12H6Cl2F3N3O. The Kier molecular flexibility index (Phi) is 4.34. The van der Waals surface area contributed by atoms with E-state index in [4.69, 9.17) is 23.2 Å². The number of carbonyl (C=O) groups is 1. The fourth-order valence-electron chi connectivity index (χ4n) is 1.45. The Balaban J connectivity index is 2.18. The molecule has 0 saturated heterocycles. The normalized spacial score (nSPS) is 11.3. The molecule has 2 rings (SSSR count). The minimum Gasteiger partial charge on any atom is -0.322 e. The molecule has 0 atom stereocenters. The van der Waals surface area contributed by atoms with Gasteiger partial charge in [-0.25, -0.2) is 0 Å². The van der Waals surface area contributed by atoms with Crippen LogP contribution in [0.1, 0.15) is 15.9 Å². The average molecular weight is 336 g/mol. The zero-order valence-corrected chi connectivity index (χ0v) is 11.6. The van der Waals surface area contributed by atoms with Crippen LogP contribution < -0.4 is 5.32 Å². The fourth-order valence-corrected chi connectivity index (χ4v) is 1.78. The molecule has 0 aliphatic heterocycles. The molecule has 0 spiro atoms. The lowest BCUT2D eigenvalue weighted by Crippen LogP contribution is -2.14. The van der Waals surface area contributed by atoms with Gasteiger partial charge in [0, 0.05) is 5.69 Å². The van der Waals surface area contributed by atoms with E-state index in [1.54, 1.807) is 0 Å². The molecule has 0 radical (unpaired) electrons. The molecule has 0 aliphatic carbocycles. The van der Waals surface area contributed by atoms with Crippen molar-refractivity contribution in [1.29, 1.82) is 0 Å². The number of hydrogen-bond acceptors (Lipinski definition) is 3. The Bertz CT molecular complexity index is 674. The summed E-state index contributed by atoms with van der Waals surface area (Å²) in [6, 6.07) is 5.18. The van der Waals surface area contributed by atoms with Gasteiger partial charge in [-0.05, 0) is 30.3 Å². The number of rotatable bonds is 2. The predicted octanol–water partition coefficient (Wildman–Crippen LogP) is 4.05. The number of alkyl halides is 3. The minimum atomic E-state index is -4.44. The van der Waals surface area contributed by atoms with E-state index >= 15 is 0 Å². The second-order valence-corrected chi connectivity index (χ2v) is 4.65. The quantitative estimate of drug-likeness (QED) is 0.900. The van der Waals surface area contributed by atoms with Gasteiger partial charge in [0.1, 0.15) is 0 Å². The third-order valence-corrected chi connectivity index (χ3v) is 2.90. The summed E-state index contributed by atoms with van der Waals surface area (Å²) in [5.41, 5.74) is -0.666. The van der Waals surface area contributed by atoms with Gasteiger partial charge < -0.3 is 5.32 Å². The first kappa shape index (κ1) is 15.5. The Morgan fingerprint density at radius 3 is 2.29 bits per heavy atom. The van der Waals surface area contributed by atoms with Crippen LogP contribution in [0.25, 0.3) is 0 Å². The molecule has 4 nitrogen and oxygen atoms in total. The van der Waals surface area contributed by atoms with E-state index in [0.29, 0.717) is 0 Å². The van der Waals surface area contributed by atoms with Crippen LogP contribution in [-0.2, 0) is 6.18 Å². The maximum Gasteiger partial charge on any atom is 0.416 e. The SMILES string of the molecule is O=C(Nc1ccc(C(F)(F)F)cc1)c1cc(Cl)nnc1Cl. The van der Waals surface area contributed by atoms with E-state index in [0.717, 1.165) is 24.3 Å². The van der Waals surface area contributed by atoms with Gasteiger partial charge in [0.05, 0.1) is 11.1 Å². The Morgan fingerprint density at radius 1 is 1.10 bits per heavy atom. The monoisotopic (exact) mass is 335 g/mol. The molecule has 1 heterocycles. The lowest BCUT2D eigenvalue weighted by Gasteiger charge is -2.09. The lowest BCUT2D eigenvalue weighted by atomic mass is 10.2. The van der Waals surface area contributed by atoms with Crippen LogP contribution in [0.3, 0.4) is 0 Å². The van der Waals surface area contributed by atoms with Gasteiger partial charge in [0.2, 0.25) is 0 Å². The summed E-state index contributed by atoms with van der Waals surface area (Å²) in [5, 5.41) is 9.10. The number of amides is 1. The fraction of sp³-hybridized carbons (Fsp3) is 0.0833. The average Bonchev–Trinajstić information content (AvgIpc) is 2.41. The Morgan fingerprint density at radius 2 is 1.71 bits per heavy atom. The van der Waals surface area contributed by atoms with Crippen LogP contribution in [0.4, 0.5) is 18.9 Å². The largest absolute Gasteiger partial charge is 0.416 e. The van der Waals surface area contributed by atoms with Gasteiger partial charge in [-0.2, -0.15) is 13.2 Å². The van der Waals surface area contributed by atoms with Crippen molar-refractivity contribution in [3.63, 3.8) is 0 Å². The van der Waals surface area contributed by atoms with Crippen LogP contribution in [-0.4, -0.2) is 16.1 Å². The number of anilines is 1. The van der Waals surface area contributed by atoms with Crippen molar-refractivity contribution in [2.45, 2.75) is 6.18 Å². The summed E-state index contributed by atoms with van der Waals surface area (Å²) in [6.07, 6.45) is -4.44. The molecule has 110 valence electrons. The van der Waals surface area contributed by atoms with Crippen molar-refractivity contribution >= 4 is 34.8 Å². The summed E-state index contributed by atoms with van der Waals surface area (Å²) in [7, 11) is 0. The van der Waals surface area contributed by atoms with Gasteiger partial charge in [-0.15, -0.1) is 10.2 Å². The van der Waals surface area contributed by atoms with Crippen LogP contribution in [0, 0.1) is 0 Å². The van der Waals surface area contributed by atoms with E-state index in [1.165, 1.54) is 6.07 Å². The van der Waals surface area contributed by atoms with Crippen molar-refractivity contribution in [2.75, 3.05) is 5.32 Å². The zero-order valence-electron chi connectivity index (χ0n) is 10.1. The molecular weight excluding hydrogens is 330 g/mol. The first-order chi connectivity index (χ1) is 9.77. The molecule has 1 aromatic heterocycles. The molecule has 2 aromatic rings. The van der Waals surface area contributed by atoms with E-state index < -0.39 is 17.6 Å². The molecule has 9 heteroatoms. The number of benzene rings is 1. The second-order valence-electron chi connectivity index (χ2n) is 3.90. The summed E-state index contributed by atoms with van der Waals surface area (Å²) < 4.78 is 37.2. The lowest BCUT2D eigenvalue weighted by molar-refractivity contribution is -0.137. The Hall–Kier alpha value is -1.86. The Labute approximate surface area is 126 Å². The molecule has 0 bridgehead atoms. The van der Waals surface area contributed by atoms with Gasteiger partial charge in [-0.3, -0.25) is 4.79 Å². The minimum absolute atomic E-state index is 0.0306. The molecule has 0 unspecified atom stereocenters.